The fourth-order valence-corrected chi connectivity index (χ4v) is 6.47. The number of piperidine rings is 1. The topological polar surface area (TPSA) is 90.3 Å². The number of ether oxygens (including phenoxy) is 1. The molecule has 4 rings (SSSR count). The first-order valence-electron chi connectivity index (χ1n) is 14.0. The third-order valence-electron chi connectivity index (χ3n) is 8.03. The Labute approximate surface area is 236 Å². The molecule has 0 radical (unpaired) electrons. The van der Waals surface area contributed by atoms with E-state index in [0.29, 0.717) is 61.7 Å². The summed E-state index contributed by atoms with van der Waals surface area (Å²) in [6, 6.07) is 14.9. The summed E-state index contributed by atoms with van der Waals surface area (Å²) in [7, 11) is 0. The molecule has 0 aromatic heterocycles. The number of halogens is 1. The highest BCUT2D eigenvalue weighted by molar-refractivity contribution is 6.32. The Morgan fingerprint density at radius 2 is 1.79 bits per heavy atom. The fraction of sp³-hybridized carbons (Fsp3) is 0.548. The average Bonchev–Trinajstić information content (AvgIpc) is 2.88. The third kappa shape index (κ3) is 6.87. The monoisotopic (exact) mass is 556 g/mol. The van der Waals surface area contributed by atoms with Gasteiger partial charge in [-0.25, -0.2) is 4.79 Å². The van der Waals surface area contributed by atoms with Crippen LogP contribution in [0.4, 0.5) is 4.79 Å². The molecule has 39 heavy (non-hydrogen) atoms. The van der Waals surface area contributed by atoms with Crippen molar-refractivity contribution in [3.05, 3.63) is 64.7 Å². The van der Waals surface area contributed by atoms with Gasteiger partial charge in [0, 0.05) is 18.6 Å². The van der Waals surface area contributed by atoms with Gasteiger partial charge >= 0.3 is 6.09 Å². The number of amides is 2. The van der Waals surface area contributed by atoms with Crippen LogP contribution in [0.3, 0.4) is 0 Å². The highest BCUT2D eigenvalue weighted by Gasteiger charge is 2.46. The van der Waals surface area contributed by atoms with Crippen LogP contribution in [0.25, 0.3) is 0 Å². The van der Waals surface area contributed by atoms with Crippen molar-refractivity contribution in [3.63, 3.8) is 0 Å². The largest absolute Gasteiger partial charge is 0.487 e. The van der Waals surface area contributed by atoms with Crippen molar-refractivity contribution in [1.82, 2.24) is 9.80 Å². The molecule has 1 unspecified atom stereocenters. The number of carboxylic acid groups (broad SMARTS) is 1. The smallest absolute Gasteiger partial charge is 0.408 e. The van der Waals surface area contributed by atoms with E-state index in [1.54, 1.807) is 17.0 Å². The van der Waals surface area contributed by atoms with Gasteiger partial charge in [0.2, 0.25) is 5.91 Å². The molecule has 7 nitrogen and oxygen atoms in total. The highest BCUT2D eigenvalue weighted by Crippen LogP contribution is 2.43. The molecule has 2 aromatic rings. The van der Waals surface area contributed by atoms with Crippen LogP contribution >= 0.6 is 11.6 Å². The lowest BCUT2D eigenvalue weighted by Crippen LogP contribution is -2.59. The van der Waals surface area contributed by atoms with E-state index in [9.17, 15) is 19.8 Å². The maximum absolute atomic E-state index is 14.2. The summed E-state index contributed by atoms with van der Waals surface area (Å²) in [5.74, 6) is -0.436. The van der Waals surface area contributed by atoms with Crippen molar-refractivity contribution in [2.45, 2.75) is 95.4 Å². The van der Waals surface area contributed by atoms with Crippen LogP contribution in [0.15, 0.2) is 48.5 Å². The number of rotatable bonds is 7. The van der Waals surface area contributed by atoms with Gasteiger partial charge in [-0.05, 0) is 69.7 Å². The van der Waals surface area contributed by atoms with E-state index in [1.807, 2.05) is 57.2 Å². The van der Waals surface area contributed by atoms with Gasteiger partial charge in [0.05, 0.1) is 22.6 Å². The van der Waals surface area contributed by atoms with Crippen LogP contribution in [-0.4, -0.2) is 62.3 Å². The van der Waals surface area contributed by atoms with Gasteiger partial charge in [0.1, 0.15) is 12.4 Å². The average molecular weight is 557 g/mol. The van der Waals surface area contributed by atoms with E-state index in [0.717, 1.165) is 24.8 Å². The second-order valence-corrected chi connectivity index (χ2v) is 12.4. The fourth-order valence-electron chi connectivity index (χ4n) is 6.22. The van der Waals surface area contributed by atoms with Gasteiger partial charge in [0.25, 0.3) is 0 Å². The van der Waals surface area contributed by atoms with E-state index in [1.165, 1.54) is 4.90 Å². The Bertz CT molecular complexity index is 1140. The number of carbonyl (C=O) groups is 2. The quantitative estimate of drug-likeness (QED) is 0.408. The summed E-state index contributed by atoms with van der Waals surface area (Å²) in [5, 5.41) is 22.2. The molecule has 0 spiro atoms. The zero-order valence-corrected chi connectivity index (χ0v) is 24.0. The van der Waals surface area contributed by atoms with E-state index in [-0.39, 0.29) is 11.9 Å². The summed E-state index contributed by atoms with van der Waals surface area (Å²) in [6.45, 7) is 6.83. The lowest BCUT2D eigenvalue weighted by molar-refractivity contribution is -0.144. The van der Waals surface area contributed by atoms with Gasteiger partial charge < -0.3 is 19.8 Å². The second-order valence-electron chi connectivity index (χ2n) is 12.0. The van der Waals surface area contributed by atoms with Crippen molar-refractivity contribution in [1.29, 1.82) is 0 Å². The van der Waals surface area contributed by atoms with Crippen LogP contribution in [0.5, 0.6) is 5.75 Å². The summed E-state index contributed by atoms with van der Waals surface area (Å²) in [6.07, 6.45) is 4.22. The number of likely N-dealkylation sites (tertiary alicyclic amines) is 1. The molecule has 2 aliphatic rings. The van der Waals surface area contributed by atoms with Crippen molar-refractivity contribution >= 4 is 23.6 Å². The summed E-state index contributed by atoms with van der Waals surface area (Å²) in [5.41, 5.74) is -0.0942. The zero-order chi connectivity index (χ0) is 28.2. The second kappa shape index (κ2) is 12.2. The summed E-state index contributed by atoms with van der Waals surface area (Å²) < 4.78 is 5.95. The number of hydrogen-bond donors (Lipinski definition) is 2. The Morgan fingerprint density at radius 3 is 2.41 bits per heavy atom. The van der Waals surface area contributed by atoms with Gasteiger partial charge in [-0.2, -0.15) is 0 Å². The maximum atomic E-state index is 14.2. The lowest BCUT2D eigenvalue weighted by atomic mass is 9.72. The van der Waals surface area contributed by atoms with Gasteiger partial charge in [-0.1, -0.05) is 67.3 Å². The predicted molar refractivity (Wildman–Crippen MR) is 152 cm³/mol. The molecule has 2 fully saturated rings. The number of hydrogen-bond acceptors (Lipinski definition) is 4. The number of nitrogens with zero attached hydrogens (tertiary/aromatic N) is 2. The number of aliphatic hydroxyl groups is 1. The van der Waals surface area contributed by atoms with E-state index >= 15 is 0 Å². The molecule has 212 valence electrons. The number of benzene rings is 2. The first-order chi connectivity index (χ1) is 18.5. The Morgan fingerprint density at radius 1 is 1.10 bits per heavy atom. The van der Waals surface area contributed by atoms with Crippen LogP contribution in [0, 0.1) is 0 Å². The lowest BCUT2D eigenvalue weighted by Gasteiger charge is -2.46. The molecule has 2 amide bonds. The van der Waals surface area contributed by atoms with Gasteiger partial charge in [-0.3, -0.25) is 9.69 Å². The predicted octanol–water partition coefficient (Wildman–Crippen LogP) is 6.47. The zero-order valence-electron chi connectivity index (χ0n) is 23.2. The van der Waals surface area contributed by atoms with Crippen LogP contribution in [-0.2, 0) is 11.4 Å². The molecule has 2 aromatic carbocycles. The first-order valence-corrected chi connectivity index (χ1v) is 14.4. The molecule has 2 N–H and O–H groups in total. The van der Waals surface area contributed by atoms with Crippen molar-refractivity contribution in [2.75, 3.05) is 13.1 Å². The van der Waals surface area contributed by atoms with Crippen LogP contribution < -0.4 is 4.74 Å². The SMILES string of the molecule is CC(C)(C)N(C(=O)O)[C@@H]1CCCN(C(=O)C(c2ccc(OCc3ccccc3)c(Cl)c2)C2(O)CCCCC2)C1. The Hall–Kier alpha value is -2.77. The molecule has 1 aliphatic heterocycles. The van der Waals surface area contributed by atoms with E-state index in [2.05, 4.69) is 0 Å². The minimum absolute atomic E-state index is 0.169. The first kappa shape index (κ1) is 29.2. The van der Waals surface area contributed by atoms with Gasteiger partial charge in [-0.15, -0.1) is 0 Å². The van der Waals surface area contributed by atoms with Crippen molar-refractivity contribution in [3.8, 4) is 5.75 Å². The Balaban J connectivity index is 1.60. The molecule has 8 heteroatoms. The summed E-state index contributed by atoms with van der Waals surface area (Å²) >= 11 is 6.66. The van der Waals surface area contributed by atoms with Crippen molar-refractivity contribution < 1.29 is 24.5 Å². The summed E-state index contributed by atoms with van der Waals surface area (Å²) in [4.78, 5) is 29.6. The molecule has 1 aliphatic carbocycles. The minimum Gasteiger partial charge on any atom is -0.487 e. The third-order valence-corrected chi connectivity index (χ3v) is 8.33. The van der Waals surface area contributed by atoms with E-state index < -0.39 is 23.2 Å². The highest BCUT2D eigenvalue weighted by atomic mass is 35.5. The molecule has 1 saturated heterocycles. The molecule has 0 bridgehead atoms. The van der Waals surface area contributed by atoms with Crippen molar-refractivity contribution in [2.24, 2.45) is 0 Å². The molecular formula is C31H41ClN2O5. The minimum atomic E-state index is -1.19. The Kier molecular flexibility index (Phi) is 9.12. The molecule has 2 atom stereocenters. The molecule has 1 saturated carbocycles. The molecule has 1 heterocycles. The van der Waals surface area contributed by atoms with Crippen LogP contribution in [0.2, 0.25) is 5.02 Å². The standard InChI is InChI=1S/C31H41ClN2O5/c1-30(2,3)34(29(36)37)24-13-10-18-33(20-24)28(35)27(31(38)16-8-5-9-17-31)23-14-15-26(25(32)19-23)39-21-22-11-6-4-7-12-22/h4,6-7,11-12,14-15,19,24,27,38H,5,8-10,13,16-18,20-21H2,1-3H3,(H,36,37)/t24-,27?/m1/s1. The van der Waals surface area contributed by atoms with E-state index in [4.69, 9.17) is 16.3 Å². The number of carbonyl (C=O) groups excluding carboxylic acids is 1. The normalized spacial score (nSPS) is 20.2. The maximum Gasteiger partial charge on any atom is 0.408 e. The van der Waals surface area contributed by atoms with Crippen LogP contribution in [0.1, 0.15) is 82.8 Å². The molecular weight excluding hydrogens is 516 g/mol. The van der Waals surface area contributed by atoms with Gasteiger partial charge in [0.15, 0.2) is 0 Å².